The van der Waals surface area contributed by atoms with Gasteiger partial charge in [-0.25, -0.2) is 8.42 Å². The van der Waals surface area contributed by atoms with Crippen molar-refractivity contribution in [1.29, 1.82) is 0 Å². The van der Waals surface area contributed by atoms with Crippen LogP contribution in [0.2, 0.25) is 0 Å². The maximum atomic E-state index is 11.4. The highest BCUT2D eigenvalue weighted by molar-refractivity contribution is 7.91. The lowest BCUT2D eigenvalue weighted by Crippen LogP contribution is -2.10. The van der Waals surface area contributed by atoms with Crippen molar-refractivity contribution < 1.29 is 13.5 Å². The fraction of sp³-hybridized carbons (Fsp3) is 0.333. The minimum atomic E-state index is -3.33. The van der Waals surface area contributed by atoms with E-state index in [1.807, 2.05) is 0 Å². The summed E-state index contributed by atoms with van der Waals surface area (Å²) < 4.78 is 22.9. The Balaban J connectivity index is 2.97. The van der Waals surface area contributed by atoms with E-state index in [4.69, 9.17) is 10.8 Å². The molecule has 0 radical (unpaired) electrons. The number of sulfone groups is 1. The number of rotatable bonds is 4. The van der Waals surface area contributed by atoms with Crippen molar-refractivity contribution in [3.05, 3.63) is 29.8 Å². The van der Waals surface area contributed by atoms with E-state index in [2.05, 4.69) is 0 Å². The van der Waals surface area contributed by atoms with Crippen molar-refractivity contribution in [2.45, 2.75) is 11.4 Å². The van der Waals surface area contributed by atoms with Gasteiger partial charge in [0.15, 0.2) is 9.84 Å². The molecule has 0 fully saturated rings. The molecular weight excluding hydrogens is 202 g/mol. The third-order valence-corrected chi connectivity index (χ3v) is 3.59. The van der Waals surface area contributed by atoms with Gasteiger partial charge in [0, 0.05) is 6.54 Å². The van der Waals surface area contributed by atoms with Crippen molar-refractivity contribution in [3.8, 4) is 0 Å². The Morgan fingerprint density at radius 1 is 1.21 bits per heavy atom. The number of benzene rings is 1. The molecule has 0 unspecified atom stereocenters. The molecule has 0 saturated heterocycles. The molecule has 0 bridgehead atoms. The quantitative estimate of drug-likeness (QED) is 0.735. The topological polar surface area (TPSA) is 80.4 Å². The first kappa shape index (κ1) is 11.2. The molecular formula is C9H13NO3S. The lowest BCUT2D eigenvalue weighted by atomic mass is 10.2. The predicted molar refractivity (Wildman–Crippen MR) is 53.5 cm³/mol. The van der Waals surface area contributed by atoms with E-state index in [0.717, 1.165) is 5.56 Å². The van der Waals surface area contributed by atoms with Gasteiger partial charge in [0.1, 0.15) is 0 Å². The molecule has 0 atom stereocenters. The highest BCUT2D eigenvalue weighted by atomic mass is 32.2. The number of aliphatic hydroxyl groups is 1. The summed E-state index contributed by atoms with van der Waals surface area (Å²) in [7, 11) is -3.33. The Hall–Kier alpha value is -0.910. The average molecular weight is 215 g/mol. The molecule has 0 saturated carbocycles. The van der Waals surface area contributed by atoms with Gasteiger partial charge in [0.05, 0.1) is 17.3 Å². The third-order valence-electron chi connectivity index (χ3n) is 1.88. The molecule has 0 spiro atoms. The summed E-state index contributed by atoms with van der Waals surface area (Å²) in [5, 5.41) is 8.56. The maximum absolute atomic E-state index is 11.4. The first-order valence-corrected chi connectivity index (χ1v) is 5.88. The van der Waals surface area contributed by atoms with Crippen LogP contribution in [0.4, 0.5) is 0 Å². The maximum Gasteiger partial charge on any atom is 0.180 e. The van der Waals surface area contributed by atoms with E-state index in [1.165, 1.54) is 12.1 Å². The largest absolute Gasteiger partial charge is 0.395 e. The van der Waals surface area contributed by atoms with Crippen molar-refractivity contribution in [3.63, 3.8) is 0 Å². The van der Waals surface area contributed by atoms with Crippen LogP contribution in [-0.2, 0) is 16.4 Å². The van der Waals surface area contributed by atoms with E-state index in [1.54, 1.807) is 12.1 Å². The van der Waals surface area contributed by atoms with Crippen LogP contribution in [0, 0.1) is 0 Å². The fourth-order valence-corrected chi connectivity index (χ4v) is 2.10. The monoisotopic (exact) mass is 215 g/mol. The summed E-state index contributed by atoms with van der Waals surface area (Å²) in [6, 6.07) is 6.36. The Morgan fingerprint density at radius 3 is 2.21 bits per heavy atom. The SMILES string of the molecule is NCc1ccc(S(=O)(=O)CCO)cc1. The van der Waals surface area contributed by atoms with Crippen LogP contribution in [0.25, 0.3) is 0 Å². The molecule has 4 nitrogen and oxygen atoms in total. The first-order valence-electron chi connectivity index (χ1n) is 4.23. The lowest BCUT2D eigenvalue weighted by Gasteiger charge is -2.03. The van der Waals surface area contributed by atoms with Gasteiger partial charge in [0.25, 0.3) is 0 Å². The van der Waals surface area contributed by atoms with E-state index in [0.29, 0.717) is 6.54 Å². The Labute approximate surface area is 83.3 Å². The van der Waals surface area contributed by atoms with Gasteiger partial charge >= 0.3 is 0 Å². The second-order valence-electron chi connectivity index (χ2n) is 2.89. The van der Waals surface area contributed by atoms with Crippen LogP contribution >= 0.6 is 0 Å². The van der Waals surface area contributed by atoms with Gasteiger partial charge < -0.3 is 10.8 Å². The molecule has 1 aromatic carbocycles. The van der Waals surface area contributed by atoms with E-state index in [9.17, 15) is 8.42 Å². The van der Waals surface area contributed by atoms with Gasteiger partial charge in [-0.15, -0.1) is 0 Å². The summed E-state index contributed by atoms with van der Waals surface area (Å²) in [5.41, 5.74) is 6.26. The Bertz CT molecular complexity index is 383. The molecule has 0 aliphatic heterocycles. The van der Waals surface area contributed by atoms with Crippen molar-refractivity contribution >= 4 is 9.84 Å². The minimum absolute atomic E-state index is 0.226. The van der Waals surface area contributed by atoms with Gasteiger partial charge in [-0.1, -0.05) is 12.1 Å². The van der Waals surface area contributed by atoms with Crippen LogP contribution in [0.1, 0.15) is 5.56 Å². The highest BCUT2D eigenvalue weighted by Gasteiger charge is 2.12. The highest BCUT2D eigenvalue weighted by Crippen LogP contribution is 2.11. The standard InChI is InChI=1S/C9H13NO3S/c10-7-8-1-3-9(4-2-8)14(12,13)6-5-11/h1-4,11H,5-7,10H2. The minimum Gasteiger partial charge on any atom is -0.395 e. The first-order chi connectivity index (χ1) is 6.60. The fourth-order valence-electron chi connectivity index (χ4n) is 1.07. The number of nitrogens with two attached hydrogens (primary N) is 1. The van der Waals surface area contributed by atoms with E-state index in [-0.39, 0.29) is 17.3 Å². The second kappa shape index (κ2) is 4.54. The molecule has 3 N–H and O–H groups in total. The summed E-state index contributed by atoms with van der Waals surface area (Å²) in [6.45, 7) is 0.0291. The van der Waals surface area contributed by atoms with Crippen LogP contribution in [0.5, 0.6) is 0 Å². The van der Waals surface area contributed by atoms with Crippen LogP contribution < -0.4 is 5.73 Å². The smallest absolute Gasteiger partial charge is 0.180 e. The summed E-state index contributed by atoms with van der Waals surface area (Å²) in [5.74, 6) is -0.241. The van der Waals surface area contributed by atoms with Crippen LogP contribution in [0.3, 0.4) is 0 Å². The molecule has 0 amide bonds. The summed E-state index contributed by atoms with van der Waals surface area (Å²) >= 11 is 0. The van der Waals surface area contributed by atoms with E-state index < -0.39 is 9.84 Å². The zero-order chi connectivity index (χ0) is 10.6. The molecule has 5 heteroatoms. The van der Waals surface area contributed by atoms with Crippen molar-refractivity contribution in [2.24, 2.45) is 5.73 Å². The van der Waals surface area contributed by atoms with Crippen molar-refractivity contribution in [2.75, 3.05) is 12.4 Å². The normalized spacial score (nSPS) is 11.6. The molecule has 78 valence electrons. The zero-order valence-corrected chi connectivity index (χ0v) is 8.50. The predicted octanol–water partition coefficient (Wildman–Crippen LogP) is -0.0887. The lowest BCUT2D eigenvalue weighted by molar-refractivity contribution is 0.319. The molecule has 0 aromatic heterocycles. The molecule has 1 aromatic rings. The Morgan fingerprint density at radius 2 is 1.79 bits per heavy atom. The third kappa shape index (κ3) is 2.54. The van der Waals surface area contributed by atoms with E-state index >= 15 is 0 Å². The molecule has 0 aliphatic carbocycles. The van der Waals surface area contributed by atoms with Crippen LogP contribution in [0.15, 0.2) is 29.2 Å². The number of hydrogen-bond donors (Lipinski definition) is 2. The van der Waals surface area contributed by atoms with Crippen LogP contribution in [-0.4, -0.2) is 25.9 Å². The number of aliphatic hydroxyl groups excluding tert-OH is 1. The molecule has 1 rings (SSSR count). The van der Waals surface area contributed by atoms with Crippen molar-refractivity contribution in [1.82, 2.24) is 0 Å². The zero-order valence-electron chi connectivity index (χ0n) is 7.68. The van der Waals surface area contributed by atoms with Gasteiger partial charge in [-0.05, 0) is 17.7 Å². The Kier molecular flexibility index (Phi) is 3.62. The van der Waals surface area contributed by atoms with Gasteiger partial charge in [0.2, 0.25) is 0 Å². The van der Waals surface area contributed by atoms with Gasteiger partial charge in [-0.3, -0.25) is 0 Å². The average Bonchev–Trinajstić information content (AvgIpc) is 2.18. The second-order valence-corrected chi connectivity index (χ2v) is 5.00. The summed E-state index contributed by atoms with van der Waals surface area (Å²) in [6.07, 6.45) is 0. The summed E-state index contributed by atoms with van der Waals surface area (Å²) in [4.78, 5) is 0.226. The molecule has 0 aliphatic rings. The molecule has 14 heavy (non-hydrogen) atoms. The van der Waals surface area contributed by atoms with Gasteiger partial charge in [-0.2, -0.15) is 0 Å². The molecule has 0 heterocycles. The number of hydrogen-bond acceptors (Lipinski definition) is 4.